The van der Waals surface area contributed by atoms with Gasteiger partial charge < -0.3 is 15.0 Å². The first-order valence-electron chi connectivity index (χ1n) is 7.36. The van der Waals surface area contributed by atoms with Crippen LogP contribution in [0.5, 0.6) is 5.75 Å². The van der Waals surface area contributed by atoms with Gasteiger partial charge in [0.15, 0.2) is 0 Å². The topological polar surface area (TPSA) is 54.1 Å². The quantitative estimate of drug-likeness (QED) is 0.759. The van der Waals surface area contributed by atoms with Gasteiger partial charge in [-0.05, 0) is 42.3 Å². The number of methoxy groups -OCH3 is 1. The van der Waals surface area contributed by atoms with E-state index in [2.05, 4.69) is 10.3 Å². The molecule has 2 N–H and O–H groups in total. The highest BCUT2D eigenvalue weighted by atomic mass is 19.1. The average molecular weight is 312 g/mol. The van der Waals surface area contributed by atoms with Crippen LogP contribution in [0.1, 0.15) is 16.1 Å². The standard InChI is InChI=1S/C18H17FN2O2/c1-23-17-5-3-2-4-12(17)8-9-20-18(22)16-11-13-10-14(19)6-7-15(13)21-16/h2-7,10-11,21H,8-9H2,1H3,(H,20,22). The van der Waals surface area contributed by atoms with E-state index >= 15 is 0 Å². The van der Waals surface area contributed by atoms with Crippen LogP contribution in [0.15, 0.2) is 48.5 Å². The molecule has 0 saturated carbocycles. The molecule has 0 atom stereocenters. The maximum atomic E-state index is 13.2. The van der Waals surface area contributed by atoms with Gasteiger partial charge in [0.25, 0.3) is 5.91 Å². The van der Waals surface area contributed by atoms with E-state index < -0.39 is 0 Å². The number of H-pyrrole nitrogens is 1. The number of fused-ring (bicyclic) bond motifs is 1. The van der Waals surface area contributed by atoms with Crippen LogP contribution in [0.4, 0.5) is 4.39 Å². The maximum Gasteiger partial charge on any atom is 0.267 e. The Bertz CT molecular complexity index is 842. The Morgan fingerprint density at radius 1 is 1.22 bits per heavy atom. The Morgan fingerprint density at radius 2 is 2.04 bits per heavy atom. The number of para-hydroxylation sites is 1. The summed E-state index contributed by atoms with van der Waals surface area (Å²) >= 11 is 0. The number of rotatable bonds is 5. The van der Waals surface area contributed by atoms with Gasteiger partial charge in [-0.15, -0.1) is 0 Å². The summed E-state index contributed by atoms with van der Waals surface area (Å²) in [5.74, 6) is 0.277. The van der Waals surface area contributed by atoms with Crippen LogP contribution in [0.2, 0.25) is 0 Å². The molecule has 5 heteroatoms. The normalized spacial score (nSPS) is 10.7. The van der Waals surface area contributed by atoms with E-state index in [-0.39, 0.29) is 11.7 Å². The first kappa shape index (κ1) is 15.1. The summed E-state index contributed by atoms with van der Waals surface area (Å²) in [4.78, 5) is 15.2. The first-order valence-corrected chi connectivity index (χ1v) is 7.36. The minimum absolute atomic E-state index is 0.212. The Morgan fingerprint density at radius 3 is 2.87 bits per heavy atom. The second-order valence-corrected chi connectivity index (χ2v) is 5.23. The zero-order valence-electron chi connectivity index (χ0n) is 12.7. The molecule has 0 saturated heterocycles. The molecule has 0 radical (unpaired) electrons. The van der Waals surface area contributed by atoms with Crippen LogP contribution < -0.4 is 10.1 Å². The third kappa shape index (κ3) is 3.34. The minimum atomic E-state index is -0.320. The summed E-state index contributed by atoms with van der Waals surface area (Å²) < 4.78 is 18.5. The summed E-state index contributed by atoms with van der Waals surface area (Å²) in [5, 5.41) is 3.54. The lowest BCUT2D eigenvalue weighted by molar-refractivity contribution is 0.0950. The molecule has 0 aliphatic heterocycles. The predicted molar refractivity (Wildman–Crippen MR) is 87.3 cm³/mol. The molecule has 3 rings (SSSR count). The van der Waals surface area contributed by atoms with Crippen molar-refractivity contribution in [2.75, 3.05) is 13.7 Å². The van der Waals surface area contributed by atoms with Crippen molar-refractivity contribution >= 4 is 16.8 Å². The number of ether oxygens (including phenoxy) is 1. The number of nitrogens with one attached hydrogen (secondary N) is 2. The van der Waals surface area contributed by atoms with E-state index in [0.29, 0.717) is 24.0 Å². The Hall–Kier alpha value is -2.82. The van der Waals surface area contributed by atoms with Crippen molar-refractivity contribution in [3.05, 3.63) is 65.6 Å². The van der Waals surface area contributed by atoms with Crippen molar-refractivity contribution in [3.8, 4) is 5.75 Å². The summed E-state index contributed by atoms with van der Waals surface area (Å²) in [7, 11) is 1.63. The van der Waals surface area contributed by atoms with Gasteiger partial charge in [-0.3, -0.25) is 4.79 Å². The van der Waals surface area contributed by atoms with E-state index in [1.807, 2.05) is 24.3 Å². The molecular weight excluding hydrogens is 295 g/mol. The fourth-order valence-corrected chi connectivity index (χ4v) is 2.54. The second kappa shape index (κ2) is 6.52. The summed E-state index contributed by atoms with van der Waals surface area (Å²) in [6.07, 6.45) is 0.671. The average Bonchev–Trinajstić information content (AvgIpc) is 2.98. The van der Waals surface area contributed by atoms with Gasteiger partial charge in [-0.2, -0.15) is 0 Å². The third-order valence-electron chi connectivity index (χ3n) is 3.70. The van der Waals surface area contributed by atoms with Gasteiger partial charge in [0.05, 0.1) is 7.11 Å². The molecule has 0 unspecified atom stereocenters. The molecule has 1 amide bonds. The molecule has 0 aliphatic rings. The zero-order valence-corrected chi connectivity index (χ0v) is 12.7. The van der Waals surface area contributed by atoms with Crippen molar-refractivity contribution in [1.29, 1.82) is 0 Å². The lowest BCUT2D eigenvalue weighted by Gasteiger charge is -2.08. The molecule has 0 bridgehead atoms. The Kier molecular flexibility index (Phi) is 4.28. The molecular formula is C18H17FN2O2. The number of carbonyl (C=O) groups excluding carboxylic acids is 1. The number of halogens is 1. The highest BCUT2D eigenvalue weighted by Crippen LogP contribution is 2.18. The van der Waals surface area contributed by atoms with Crippen molar-refractivity contribution in [3.63, 3.8) is 0 Å². The summed E-state index contributed by atoms with van der Waals surface area (Å²) in [6.45, 7) is 0.489. The number of aromatic amines is 1. The molecule has 4 nitrogen and oxygen atoms in total. The number of hydrogen-bond donors (Lipinski definition) is 2. The van der Waals surface area contributed by atoms with Crippen LogP contribution in [0.3, 0.4) is 0 Å². The SMILES string of the molecule is COc1ccccc1CCNC(=O)c1cc2cc(F)ccc2[nH]1. The summed E-state index contributed by atoms with van der Waals surface area (Å²) in [5.41, 5.74) is 2.20. The lowest BCUT2D eigenvalue weighted by Crippen LogP contribution is -2.26. The Balaban J connectivity index is 1.64. The molecule has 118 valence electrons. The number of benzene rings is 2. The van der Waals surface area contributed by atoms with Crippen LogP contribution in [-0.2, 0) is 6.42 Å². The highest BCUT2D eigenvalue weighted by Gasteiger charge is 2.10. The van der Waals surface area contributed by atoms with Crippen molar-refractivity contribution in [2.45, 2.75) is 6.42 Å². The van der Waals surface area contributed by atoms with E-state index in [0.717, 1.165) is 16.8 Å². The van der Waals surface area contributed by atoms with E-state index in [1.54, 1.807) is 19.2 Å². The van der Waals surface area contributed by atoms with Crippen LogP contribution in [0, 0.1) is 5.82 Å². The van der Waals surface area contributed by atoms with Gasteiger partial charge in [0, 0.05) is 17.4 Å². The first-order chi connectivity index (χ1) is 11.2. The zero-order chi connectivity index (χ0) is 16.2. The largest absolute Gasteiger partial charge is 0.496 e. The lowest BCUT2D eigenvalue weighted by atomic mass is 10.1. The number of aromatic nitrogens is 1. The van der Waals surface area contributed by atoms with Gasteiger partial charge in [-0.25, -0.2) is 4.39 Å². The predicted octanol–water partition coefficient (Wildman–Crippen LogP) is 3.29. The maximum absolute atomic E-state index is 13.2. The molecule has 1 aromatic heterocycles. The monoisotopic (exact) mass is 312 g/mol. The van der Waals surface area contributed by atoms with E-state index in [4.69, 9.17) is 4.74 Å². The van der Waals surface area contributed by atoms with Gasteiger partial charge in [0.1, 0.15) is 17.3 Å². The minimum Gasteiger partial charge on any atom is -0.496 e. The Labute approximate surface area is 133 Å². The number of amides is 1. The highest BCUT2D eigenvalue weighted by molar-refractivity contribution is 5.97. The van der Waals surface area contributed by atoms with Crippen LogP contribution in [0.25, 0.3) is 10.9 Å². The second-order valence-electron chi connectivity index (χ2n) is 5.23. The fourth-order valence-electron chi connectivity index (χ4n) is 2.54. The molecule has 1 heterocycles. The van der Waals surface area contributed by atoms with Crippen molar-refractivity contribution in [1.82, 2.24) is 10.3 Å². The van der Waals surface area contributed by atoms with Gasteiger partial charge in [0.2, 0.25) is 0 Å². The number of hydrogen-bond acceptors (Lipinski definition) is 2. The fraction of sp³-hybridized carbons (Fsp3) is 0.167. The number of carbonyl (C=O) groups is 1. The molecule has 0 spiro atoms. The van der Waals surface area contributed by atoms with E-state index in [9.17, 15) is 9.18 Å². The van der Waals surface area contributed by atoms with Crippen molar-refractivity contribution < 1.29 is 13.9 Å². The van der Waals surface area contributed by atoms with Gasteiger partial charge >= 0.3 is 0 Å². The third-order valence-corrected chi connectivity index (χ3v) is 3.70. The van der Waals surface area contributed by atoms with Crippen LogP contribution in [-0.4, -0.2) is 24.5 Å². The smallest absolute Gasteiger partial charge is 0.267 e. The molecule has 3 aromatic rings. The summed E-state index contributed by atoms with van der Waals surface area (Å²) in [6, 6.07) is 13.7. The van der Waals surface area contributed by atoms with Crippen molar-refractivity contribution in [2.24, 2.45) is 0 Å². The molecule has 0 aliphatic carbocycles. The van der Waals surface area contributed by atoms with Gasteiger partial charge in [-0.1, -0.05) is 18.2 Å². The van der Waals surface area contributed by atoms with E-state index in [1.165, 1.54) is 12.1 Å². The molecule has 2 aromatic carbocycles. The van der Waals surface area contributed by atoms with Crippen LogP contribution >= 0.6 is 0 Å². The molecule has 23 heavy (non-hydrogen) atoms. The molecule has 0 fully saturated rings.